The van der Waals surface area contributed by atoms with Crippen LogP contribution in [0.15, 0.2) is 42.5 Å². The van der Waals surface area contributed by atoms with Crippen molar-refractivity contribution in [1.29, 1.82) is 0 Å². The Labute approximate surface area is 121 Å². The van der Waals surface area contributed by atoms with Crippen molar-refractivity contribution in [3.05, 3.63) is 64.7 Å². The number of methoxy groups -OCH3 is 1. The van der Waals surface area contributed by atoms with Gasteiger partial charge in [-0.15, -0.1) is 0 Å². The van der Waals surface area contributed by atoms with Gasteiger partial charge in [-0.05, 0) is 49.6 Å². The average Bonchev–Trinajstić information content (AvgIpc) is 2.38. The molecule has 106 valence electrons. The lowest BCUT2D eigenvalue weighted by Gasteiger charge is -2.26. The predicted octanol–water partition coefficient (Wildman–Crippen LogP) is 3.76. The van der Waals surface area contributed by atoms with Gasteiger partial charge in [-0.3, -0.25) is 0 Å². The Morgan fingerprint density at radius 2 is 1.70 bits per heavy atom. The lowest BCUT2D eigenvalue weighted by Crippen LogP contribution is -2.25. The third-order valence-corrected chi connectivity index (χ3v) is 3.67. The fraction of sp³-hybridized carbons (Fsp3) is 0.333. The molecule has 0 saturated carbocycles. The Hall–Kier alpha value is -1.80. The summed E-state index contributed by atoms with van der Waals surface area (Å²) in [7, 11) is 1.65. The first-order chi connectivity index (χ1) is 9.42. The van der Waals surface area contributed by atoms with Gasteiger partial charge in [-0.1, -0.05) is 35.9 Å². The van der Waals surface area contributed by atoms with Gasteiger partial charge in [0.05, 0.1) is 12.7 Å². The van der Waals surface area contributed by atoms with Crippen LogP contribution in [0.25, 0.3) is 0 Å². The lowest BCUT2D eigenvalue weighted by atomic mass is 9.86. The summed E-state index contributed by atoms with van der Waals surface area (Å²) in [4.78, 5) is 0. The van der Waals surface area contributed by atoms with E-state index in [9.17, 15) is 5.11 Å². The second kappa shape index (κ2) is 5.68. The summed E-state index contributed by atoms with van der Waals surface area (Å²) in [6.07, 6.45) is 0.584. The quantitative estimate of drug-likeness (QED) is 0.916. The fourth-order valence-corrected chi connectivity index (χ4v) is 2.65. The van der Waals surface area contributed by atoms with Crippen molar-refractivity contribution in [2.24, 2.45) is 0 Å². The molecule has 0 spiro atoms. The van der Waals surface area contributed by atoms with Crippen LogP contribution in [0.1, 0.15) is 29.2 Å². The Balaban J connectivity index is 2.25. The summed E-state index contributed by atoms with van der Waals surface area (Å²) in [5.41, 5.74) is 3.55. The van der Waals surface area contributed by atoms with Crippen molar-refractivity contribution in [2.75, 3.05) is 7.11 Å². The minimum Gasteiger partial charge on any atom is -0.497 e. The molecular weight excluding hydrogens is 248 g/mol. The number of hydrogen-bond donors (Lipinski definition) is 1. The first-order valence-corrected chi connectivity index (χ1v) is 6.85. The first-order valence-electron chi connectivity index (χ1n) is 6.85. The van der Waals surface area contributed by atoms with Crippen molar-refractivity contribution < 1.29 is 9.84 Å². The summed E-state index contributed by atoms with van der Waals surface area (Å²) < 4.78 is 5.15. The molecule has 0 bridgehead atoms. The SMILES string of the molecule is COc1ccc(CC(C)(O)c2ccc(C)cc2C)cc1. The highest BCUT2D eigenvalue weighted by atomic mass is 16.5. The Morgan fingerprint density at radius 3 is 2.25 bits per heavy atom. The van der Waals surface area contributed by atoms with Crippen LogP contribution in [0.4, 0.5) is 0 Å². The van der Waals surface area contributed by atoms with Crippen molar-refractivity contribution in [1.82, 2.24) is 0 Å². The lowest BCUT2D eigenvalue weighted by molar-refractivity contribution is 0.0569. The van der Waals surface area contributed by atoms with E-state index in [0.717, 1.165) is 22.4 Å². The molecule has 2 nitrogen and oxygen atoms in total. The van der Waals surface area contributed by atoms with Gasteiger partial charge in [0.25, 0.3) is 0 Å². The van der Waals surface area contributed by atoms with Crippen LogP contribution in [0.2, 0.25) is 0 Å². The summed E-state index contributed by atoms with van der Waals surface area (Å²) in [6, 6.07) is 14.0. The molecule has 0 aromatic heterocycles. The molecule has 2 aromatic carbocycles. The summed E-state index contributed by atoms with van der Waals surface area (Å²) >= 11 is 0. The number of benzene rings is 2. The van der Waals surface area contributed by atoms with Gasteiger partial charge in [0, 0.05) is 6.42 Å². The second-order valence-electron chi connectivity index (χ2n) is 5.62. The van der Waals surface area contributed by atoms with E-state index in [0.29, 0.717) is 6.42 Å². The number of hydrogen-bond acceptors (Lipinski definition) is 2. The van der Waals surface area contributed by atoms with Crippen LogP contribution in [0.5, 0.6) is 5.75 Å². The van der Waals surface area contributed by atoms with Gasteiger partial charge >= 0.3 is 0 Å². The van der Waals surface area contributed by atoms with Gasteiger partial charge < -0.3 is 9.84 Å². The average molecular weight is 270 g/mol. The zero-order valence-electron chi connectivity index (χ0n) is 12.6. The standard InChI is InChI=1S/C18H22O2/c1-13-5-10-17(14(2)11-13)18(3,19)12-15-6-8-16(20-4)9-7-15/h5-11,19H,12H2,1-4H3. The molecular formula is C18H22O2. The molecule has 0 saturated heterocycles. The highest BCUT2D eigenvalue weighted by Gasteiger charge is 2.25. The zero-order chi connectivity index (χ0) is 14.8. The molecule has 1 N–H and O–H groups in total. The summed E-state index contributed by atoms with van der Waals surface area (Å²) in [5.74, 6) is 0.833. The molecule has 0 aliphatic carbocycles. The van der Waals surface area contributed by atoms with Crippen molar-refractivity contribution >= 4 is 0 Å². The third-order valence-electron chi connectivity index (χ3n) is 3.67. The van der Waals surface area contributed by atoms with E-state index in [1.54, 1.807) is 7.11 Å². The summed E-state index contributed by atoms with van der Waals surface area (Å²) in [5, 5.41) is 10.8. The van der Waals surface area contributed by atoms with E-state index in [4.69, 9.17) is 4.74 Å². The van der Waals surface area contributed by atoms with Crippen LogP contribution in [-0.2, 0) is 12.0 Å². The van der Waals surface area contributed by atoms with Gasteiger partial charge in [-0.2, -0.15) is 0 Å². The number of ether oxygens (including phenoxy) is 1. The Kier molecular flexibility index (Phi) is 4.15. The van der Waals surface area contributed by atoms with Crippen molar-refractivity contribution in [2.45, 2.75) is 32.8 Å². The van der Waals surface area contributed by atoms with Crippen LogP contribution in [0.3, 0.4) is 0 Å². The second-order valence-corrected chi connectivity index (χ2v) is 5.62. The minimum atomic E-state index is -0.869. The van der Waals surface area contributed by atoms with E-state index in [1.807, 2.05) is 50.2 Å². The monoisotopic (exact) mass is 270 g/mol. The molecule has 0 amide bonds. The highest BCUT2D eigenvalue weighted by Crippen LogP contribution is 2.29. The zero-order valence-corrected chi connectivity index (χ0v) is 12.6. The van der Waals surface area contributed by atoms with E-state index >= 15 is 0 Å². The van der Waals surface area contributed by atoms with Crippen LogP contribution < -0.4 is 4.74 Å². The van der Waals surface area contributed by atoms with Crippen molar-refractivity contribution in [3.8, 4) is 5.75 Å². The molecule has 2 rings (SSSR count). The van der Waals surface area contributed by atoms with Gasteiger partial charge in [0.1, 0.15) is 5.75 Å². The van der Waals surface area contributed by atoms with Gasteiger partial charge in [0.2, 0.25) is 0 Å². The van der Waals surface area contributed by atoms with Gasteiger partial charge in [-0.25, -0.2) is 0 Å². The molecule has 20 heavy (non-hydrogen) atoms. The first kappa shape index (κ1) is 14.6. The molecule has 2 heteroatoms. The molecule has 2 aromatic rings. The number of aliphatic hydroxyl groups is 1. The molecule has 0 radical (unpaired) electrons. The highest BCUT2D eigenvalue weighted by molar-refractivity contribution is 5.36. The van der Waals surface area contributed by atoms with Gasteiger partial charge in [0.15, 0.2) is 0 Å². The maximum absolute atomic E-state index is 10.8. The molecule has 0 aliphatic rings. The van der Waals surface area contributed by atoms with E-state index in [2.05, 4.69) is 13.0 Å². The molecule has 1 atom stereocenters. The fourth-order valence-electron chi connectivity index (χ4n) is 2.65. The topological polar surface area (TPSA) is 29.5 Å². The van der Waals surface area contributed by atoms with Crippen molar-refractivity contribution in [3.63, 3.8) is 0 Å². The Bertz CT molecular complexity index is 583. The number of aryl methyl sites for hydroxylation is 2. The maximum Gasteiger partial charge on any atom is 0.118 e. The molecule has 0 fully saturated rings. The minimum absolute atomic E-state index is 0.584. The molecule has 1 unspecified atom stereocenters. The molecule has 0 aliphatic heterocycles. The van der Waals surface area contributed by atoms with E-state index < -0.39 is 5.60 Å². The van der Waals surface area contributed by atoms with E-state index in [1.165, 1.54) is 5.56 Å². The number of rotatable bonds is 4. The molecule has 0 heterocycles. The predicted molar refractivity (Wildman–Crippen MR) is 82.2 cm³/mol. The maximum atomic E-state index is 10.8. The normalized spacial score (nSPS) is 13.8. The van der Waals surface area contributed by atoms with E-state index in [-0.39, 0.29) is 0 Å². The van der Waals surface area contributed by atoms with Crippen LogP contribution >= 0.6 is 0 Å². The smallest absolute Gasteiger partial charge is 0.118 e. The Morgan fingerprint density at radius 1 is 1.05 bits per heavy atom. The third kappa shape index (κ3) is 3.20. The van der Waals surface area contributed by atoms with Crippen LogP contribution in [-0.4, -0.2) is 12.2 Å². The van der Waals surface area contributed by atoms with Crippen LogP contribution in [0, 0.1) is 13.8 Å². The summed E-state index contributed by atoms with van der Waals surface area (Å²) in [6.45, 7) is 5.98. The largest absolute Gasteiger partial charge is 0.497 e.